The Kier molecular flexibility index (Phi) is 4.44. The van der Waals surface area contributed by atoms with Gasteiger partial charge in [0.15, 0.2) is 0 Å². The van der Waals surface area contributed by atoms with Crippen molar-refractivity contribution in [3.05, 3.63) is 24.3 Å². The number of sulfonamides is 1. The first-order chi connectivity index (χ1) is 9.04. The number of ether oxygens (including phenoxy) is 1. The Bertz CT molecular complexity index is 513. The minimum absolute atomic E-state index is 0.0513. The molecule has 19 heavy (non-hydrogen) atoms. The number of nitrogens with one attached hydrogen (secondary N) is 1. The Morgan fingerprint density at radius 1 is 1.37 bits per heavy atom. The Morgan fingerprint density at radius 2 is 2.05 bits per heavy atom. The fraction of sp³-hybridized carbons (Fsp3) is 0.538. The predicted molar refractivity (Wildman–Crippen MR) is 74.8 cm³/mol. The van der Waals surface area contributed by atoms with Crippen molar-refractivity contribution in [1.29, 1.82) is 0 Å². The lowest BCUT2D eigenvalue weighted by molar-refractivity contribution is 0.0102. The van der Waals surface area contributed by atoms with E-state index >= 15 is 0 Å². The number of benzene rings is 1. The van der Waals surface area contributed by atoms with Crippen molar-refractivity contribution in [1.82, 2.24) is 4.31 Å². The summed E-state index contributed by atoms with van der Waals surface area (Å²) in [7, 11) is -3.40. The Balaban J connectivity index is 2.18. The van der Waals surface area contributed by atoms with Gasteiger partial charge in [-0.15, -0.1) is 0 Å². The van der Waals surface area contributed by atoms with Crippen LogP contribution in [0.25, 0.3) is 0 Å². The van der Waals surface area contributed by atoms with E-state index in [1.165, 1.54) is 4.31 Å². The van der Waals surface area contributed by atoms with Gasteiger partial charge < -0.3 is 10.1 Å². The molecule has 0 bridgehead atoms. The van der Waals surface area contributed by atoms with Gasteiger partial charge in [-0.05, 0) is 38.1 Å². The molecule has 2 rings (SSSR count). The summed E-state index contributed by atoms with van der Waals surface area (Å²) >= 11 is 0. The monoisotopic (exact) mass is 284 g/mol. The van der Waals surface area contributed by atoms with Gasteiger partial charge in [0, 0.05) is 25.3 Å². The van der Waals surface area contributed by atoms with E-state index in [-0.39, 0.29) is 6.10 Å². The SMILES string of the molecule is CCNc1ccc(S(=O)(=O)N2CCOC(C)C2)cc1. The highest BCUT2D eigenvalue weighted by molar-refractivity contribution is 7.89. The molecule has 0 amide bonds. The van der Waals surface area contributed by atoms with Gasteiger partial charge in [0.25, 0.3) is 0 Å². The number of morpholine rings is 1. The largest absolute Gasteiger partial charge is 0.385 e. The Morgan fingerprint density at radius 3 is 2.63 bits per heavy atom. The van der Waals surface area contributed by atoms with Gasteiger partial charge in [-0.25, -0.2) is 8.42 Å². The summed E-state index contributed by atoms with van der Waals surface area (Å²) in [6.07, 6.45) is -0.0513. The van der Waals surface area contributed by atoms with Crippen molar-refractivity contribution in [3.63, 3.8) is 0 Å². The fourth-order valence-electron chi connectivity index (χ4n) is 2.10. The summed E-state index contributed by atoms with van der Waals surface area (Å²) in [6.45, 7) is 5.98. The summed E-state index contributed by atoms with van der Waals surface area (Å²) in [6, 6.07) is 6.88. The average molecular weight is 284 g/mol. The van der Waals surface area contributed by atoms with Gasteiger partial charge in [0.2, 0.25) is 10.0 Å². The number of hydrogen-bond acceptors (Lipinski definition) is 4. The predicted octanol–water partition coefficient (Wildman–Crippen LogP) is 1.53. The lowest BCUT2D eigenvalue weighted by atomic mass is 10.3. The molecule has 1 aromatic carbocycles. The number of hydrogen-bond donors (Lipinski definition) is 1. The van der Waals surface area contributed by atoms with Crippen LogP contribution in [0.15, 0.2) is 29.2 Å². The van der Waals surface area contributed by atoms with Crippen molar-refractivity contribution in [2.75, 3.05) is 31.6 Å². The van der Waals surface area contributed by atoms with Crippen LogP contribution in [0.2, 0.25) is 0 Å². The van der Waals surface area contributed by atoms with Crippen molar-refractivity contribution < 1.29 is 13.2 Å². The minimum Gasteiger partial charge on any atom is -0.385 e. The molecule has 1 saturated heterocycles. The van der Waals surface area contributed by atoms with E-state index in [0.717, 1.165) is 12.2 Å². The first kappa shape index (κ1) is 14.3. The van der Waals surface area contributed by atoms with E-state index < -0.39 is 10.0 Å². The third kappa shape index (κ3) is 3.26. The summed E-state index contributed by atoms with van der Waals surface area (Å²) in [5.41, 5.74) is 0.928. The second-order valence-corrected chi connectivity index (χ2v) is 6.54. The second-order valence-electron chi connectivity index (χ2n) is 4.60. The Hall–Kier alpha value is -1.11. The third-order valence-corrected chi connectivity index (χ3v) is 4.96. The van der Waals surface area contributed by atoms with E-state index in [9.17, 15) is 8.42 Å². The van der Waals surface area contributed by atoms with Crippen molar-refractivity contribution in [2.24, 2.45) is 0 Å². The average Bonchev–Trinajstić information content (AvgIpc) is 2.40. The van der Waals surface area contributed by atoms with Crippen LogP contribution in [-0.4, -0.2) is 45.1 Å². The first-order valence-corrected chi connectivity index (χ1v) is 7.93. The molecule has 0 spiro atoms. The topological polar surface area (TPSA) is 58.6 Å². The zero-order valence-corrected chi connectivity index (χ0v) is 12.1. The third-order valence-electron chi connectivity index (χ3n) is 3.08. The number of rotatable bonds is 4. The van der Waals surface area contributed by atoms with Crippen LogP contribution in [0.5, 0.6) is 0 Å². The van der Waals surface area contributed by atoms with Gasteiger partial charge in [-0.3, -0.25) is 0 Å². The number of anilines is 1. The maximum Gasteiger partial charge on any atom is 0.243 e. The fourth-order valence-corrected chi connectivity index (χ4v) is 3.60. The van der Waals surface area contributed by atoms with Crippen LogP contribution in [0, 0.1) is 0 Å². The van der Waals surface area contributed by atoms with Crippen molar-refractivity contribution in [3.8, 4) is 0 Å². The van der Waals surface area contributed by atoms with Crippen molar-refractivity contribution >= 4 is 15.7 Å². The van der Waals surface area contributed by atoms with Gasteiger partial charge in [0.1, 0.15) is 0 Å². The van der Waals surface area contributed by atoms with Crippen LogP contribution in [-0.2, 0) is 14.8 Å². The van der Waals surface area contributed by atoms with E-state index in [4.69, 9.17) is 4.74 Å². The van der Waals surface area contributed by atoms with E-state index in [1.807, 2.05) is 13.8 Å². The Labute approximate surface area is 114 Å². The van der Waals surface area contributed by atoms with Crippen LogP contribution in [0.3, 0.4) is 0 Å². The highest BCUT2D eigenvalue weighted by atomic mass is 32.2. The van der Waals surface area contributed by atoms with Gasteiger partial charge >= 0.3 is 0 Å². The molecule has 6 heteroatoms. The standard InChI is InChI=1S/C13H20N2O3S/c1-3-14-12-4-6-13(7-5-12)19(16,17)15-8-9-18-11(2)10-15/h4-7,11,14H,3,8-10H2,1-2H3. The summed E-state index contributed by atoms with van der Waals surface area (Å²) < 4.78 is 31.8. The maximum absolute atomic E-state index is 12.5. The summed E-state index contributed by atoms with van der Waals surface area (Å²) in [5.74, 6) is 0. The molecule has 1 heterocycles. The minimum atomic E-state index is -3.40. The molecule has 1 unspecified atom stereocenters. The quantitative estimate of drug-likeness (QED) is 0.911. The lowest BCUT2D eigenvalue weighted by Gasteiger charge is -2.30. The normalized spacial score (nSPS) is 21.3. The van der Waals surface area contributed by atoms with Gasteiger partial charge in [0.05, 0.1) is 17.6 Å². The first-order valence-electron chi connectivity index (χ1n) is 6.49. The molecule has 1 aliphatic heterocycles. The molecule has 5 nitrogen and oxygen atoms in total. The molecule has 0 saturated carbocycles. The van der Waals surface area contributed by atoms with Crippen LogP contribution < -0.4 is 5.32 Å². The van der Waals surface area contributed by atoms with Crippen LogP contribution in [0.1, 0.15) is 13.8 Å². The molecule has 0 aromatic heterocycles. The highest BCUT2D eigenvalue weighted by Crippen LogP contribution is 2.20. The molecule has 106 valence electrons. The van der Waals surface area contributed by atoms with Gasteiger partial charge in [-0.2, -0.15) is 4.31 Å². The lowest BCUT2D eigenvalue weighted by Crippen LogP contribution is -2.44. The second kappa shape index (κ2) is 5.90. The van der Waals surface area contributed by atoms with Crippen LogP contribution in [0.4, 0.5) is 5.69 Å². The summed E-state index contributed by atoms with van der Waals surface area (Å²) in [5, 5.41) is 3.14. The van der Waals surface area contributed by atoms with E-state index in [0.29, 0.717) is 24.6 Å². The molecular weight excluding hydrogens is 264 g/mol. The molecule has 1 atom stereocenters. The summed E-state index contributed by atoms with van der Waals surface area (Å²) in [4.78, 5) is 0.336. The molecule has 0 radical (unpaired) electrons. The zero-order valence-electron chi connectivity index (χ0n) is 11.3. The molecule has 1 fully saturated rings. The van der Waals surface area contributed by atoms with Gasteiger partial charge in [-0.1, -0.05) is 0 Å². The molecule has 1 N–H and O–H groups in total. The number of nitrogens with zero attached hydrogens (tertiary/aromatic N) is 1. The van der Waals surface area contributed by atoms with E-state index in [1.54, 1.807) is 24.3 Å². The van der Waals surface area contributed by atoms with Crippen LogP contribution >= 0.6 is 0 Å². The molecule has 1 aromatic rings. The van der Waals surface area contributed by atoms with E-state index in [2.05, 4.69) is 5.32 Å². The molecule has 0 aliphatic carbocycles. The molecule has 1 aliphatic rings. The maximum atomic E-state index is 12.5. The van der Waals surface area contributed by atoms with Crippen molar-refractivity contribution in [2.45, 2.75) is 24.8 Å². The highest BCUT2D eigenvalue weighted by Gasteiger charge is 2.28. The zero-order chi connectivity index (χ0) is 13.9. The molecular formula is C13H20N2O3S. The smallest absolute Gasteiger partial charge is 0.243 e.